The Morgan fingerprint density at radius 3 is 2.28 bits per heavy atom. The van der Waals surface area contributed by atoms with Crippen LogP contribution in [-0.4, -0.2) is 42.5 Å². The summed E-state index contributed by atoms with van der Waals surface area (Å²) >= 11 is -1.80. The minimum atomic E-state index is -4.90. The zero-order valence-electron chi connectivity index (χ0n) is 24.4. The second-order valence-corrected chi connectivity index (χ2v) is 13.8. The van der Waals surface area contributed by atoms with Gasteiger partial charge in [-0.05, 0) is 72.5 Å². The van der Waals surface area contributed by atoms with Gasteiger partial charge in [-0.3, -0.25) is 9.35 Å². The lowest BCUT2D eigenvalue weighted by Crippen LogP contribution is -2.27. The Bertz CT molecular complexity index is 2220. The highest BCUT2D eigenvalue weighted by Crippen LogP contribution is 2.47. The summed E-state index contributed by atoms with van der Waals surface area (Å²) in [6.45, 7) is 8.11. The number of fused-ring (bicyclic) bond motifs is 1. The van der Waals surface area contributed by atoms with Crippen LogP contribution in [-0.2, 0) is 35.2 Å². The summed E-state index contributed by atoms with van der Waals surface area (Å²) in [6.07, 6.45) is 0.988. The maximum atomic E-state index is 12.5. The average Bonchev–Trinajstić information content (AvgIpc) is 3.02. The molecule has 47 heavy (non-hydrogen) atoms. The van der Waals surface area contributed by atoms with E-state index < -0.39 is 53.3 Å². The van der Waals surface area contributed by atoms with Crippen LogP contribution in [0.1, 0.15) is 15.9 Å². The van der Waals surface area contributed by atoms with Crippen LogP contribution in [0, 0.1) is 6.92 Å². The van der Waals surface area contributed by atoms with Gasteiger partial charge in [0.15, 0.2) is 15.6 Å². The molecule has 0 heterocycles. The van der Waals surface area contributed by atoms with Crippen LogP contribution < -0.4 is 11.1 Å². The first-order valence-corrected chi connectivity index (χ1v) is 17.3. The van der Waals surface area contributed by atoms with Crippen LogP contribution >= 0.6 is 0 Å². The Hall–Kier alpha value is -5.30. The van der Waals surface area contributed by atoms with Crippen molar-refractivity contribution in [1.82, 2.24) is 5.32 Å². The van der Waals surface area contributed by atoms with Crippen molar-refractivity contribution >= 4 is 76.2 Å². The van der Waals surface area contributed by atoms with Crippen molar-refractivity contribution in [2.24, 2.45) is 20.5 Å². The molecule has 0 bridgehead atoms. The fraction of sp³-hybridized carbons (Fsp3) is 0.0690. The molecule has 18 heteroatoms. The molecule has 0 aromatic heterocycles. The third-order valence-corrected chi connectivity index (χ3v) is 9.33. The minimum absolute atomic E-state index is 0.0439. The van der Waals surface area contributed by atoms with Gasteiger partial charge in [-0.2, -0.15) is 18.6 Å². The number of phenols is 1. The predicted molar refractivity (Wildman–Crippen MR) is 175 cm³/mol. The van der Waals surface area contributed by atoms with Crippen molar-refractivity contribution in [2.45, 2.75) is 16.7 Å². The van der Waals surface area contributed by atoms with Crippen LogP contribution in [0.5, 0.6) is 5.75 Å². The topological polar surface area (TPSA) is 240 Å². The number of anilines is 1. The molecule has 1 unspecified atom stereocenters. The summed E-state index contributed by atoms with van der Waals surface area (Å²) in [6, 6.07) is 13.6. The number of rotatable bonds is 12. The highest BCUT2D eigenvalue weighted by molar-refractivity contribution is 7.94. The summed E-state index contributed by atoms with van der Waals surface area (Å²) < 4.78 is 74.7. The van der Waals surface area contributed by atoms with Crippen LogP contribution in [0.4, 0.5) is 28.4 Å². The quantitative estimate of drug-likeness (QED) is 0.0587. The Balaban J connectivity index is 1.74. The number of azo groups is 2. The number of nitrogens with one attached hydrogen (secondary N) is 1. The molecule has 1 atom stereocenters. The van der Waals surface area contributed by atoms with Gasteiger partial charge in [0.1, 0.15) is 22.1 Å². The molecule has 0 aliphatic rings. The third-order valence-electron chi connectivity index (χ3n) is 6.37. The number of aromatic hydroxyl groups is 1. The maximum absolute atomic E-state index is 12.5. The Morgan fingerprint density at radius 1 is 0.979 bits per heavy atom. The standard InChI is InChI=1S/C29H26N6O9S3/c1-4-44-45(38)16-31-29(37)18-7-6-8-21(14-18)33-34-26-17(3)13-19-15-23(47(41,42)43)27(25(30)24(19)28(26)36)35-32-20-9-11-22(12-10-20)46(39,40)5-2/h4-15,36H,1-2,16,30H2,3H3,(H,31,37)(H,41,42,43). The fourth-order valence-corrected chi connectivity index (χ4v) is 6.01. The number of nitrogen functional groups attached to an aromatic ring is 1. The first-order valence-electron chi connectivity index (χ1n) is 13.1. The predicted octanol–water partition coefficient (Wildman–Crippen LogP) is 5.94. The number of benzene rings is 4. The van der Waals surface area contributed by atoms with E-state index in [1.807, 2.05) is 0 Å². The number of amides is 1. The molecule has 0 saturated heterocycles. The lowest BCUT2D eigenvalue weighted by atomic mass is 10.0. The monoisotopic (exact) mass is 698 g/mol. The van der Waals surface area contributed by atoms with Crippen LogP contribution in [0.25, 0.3) is 10.8 Å². The molecule has 0 aliphatic carbocycles. The van der Waals surface area contributed by atoms with Gasteiger partial charge >= 0.3 is 0 Å². The zero-order chi connectivity index (χ0) is 34.5. The lowest BCUT2D eigenvalue weighted by Gasteiger charge is -2.13. The Morgan fingerprint density at radius 2 is 1.64 bits per heavy atom. The van der Waals surface area contributed by atoms with Gasteiger partial charge < -0.3 is 20.3 Å². The number of nitrogens with two attached hydrogens (primary N) is 1. The summed E-state index contributed by atoms with van der Waals surface area (Å²) in [5, 5.41) is 30.6. The molecule has 1 amide bonds. The minimum Gasteiger partial charge on any atom is -0.505 e. The van der Waals surface area contributed by atoms with E-state index in [-0.39, 0.29) is 49.9 Å². The van der Waals surface area contributed by atoms with Crippen molar-refractivity contribution in [3.8, 4) is 5.75 Å². The molecule has 0 radical (unpaired) electrons. The first-order chi connectivity index (χ1) is 22.2. The molecule has 0 fully saturated rings. The number of hydrogen-bond donors (Lipinski definition) is 4. The molecule has 4 aromatic carbocycles. The summed E-state index contributed by atoms with van der Waals surface area (Å²) in [5.41, 5.74) is 6.25. The number of hydrogen-bond acceptors (Lipinski definition) is 13. The molecule has 5 N–H and O–H groups in total. The van der Waals surface area contributed by atoms with Gasteiger partial charge in [0, 0.05) is 11.0 Å². The van der Waals surface area contributed by atoms with Crippen molar-refractivity contribution in [3.63, 3.8) is 0 Å². The van der Waals surface area contributed by atoms with Crippen molar-refractivity contribution in [3.05, 3.63) is 96.6 Å². The van der Waals surface area contributed by atoms with Crippen LogP contribution in [0.2, 0.25) is 0 Å². The van der Waals surface area contributed by atoms with E-state index in [9.17, 15) is 35.5 Å². The summed E-state index contributed by atoms with van der Waals surface area (Å²) in [4.78, 5) is 11.7. The van der Waals surface area contributed by atoms with Crippen LogP contribution in [0.15, 0.2) is 116 Å². The number of nitrogens with zero attached hydrogens (tertiary/aromatic N) is 4. The lowest BCUT2D eigenvalue weighted by molar-refractivity contribution is 0.0959. The molecule has 0 saturated carbocycles. The normalized spacial score (nSPS) is 12.7. The van der Waals surface area contributed by atoms with Crippen LogP contribution in [0.3, 0.4) is 0 Å². The Labute approximate surface area is 271 Å². The highest BCUT2D eigenvalue weighted by Gasteiger charge is 2.24. The van der Waals surface area contributed by atoms with E-state index in [1.54, 1.807) is 6.92 Å². The SMILES string of the molecule is C=COS(=O)CNC(=O)c1cccc(N=Nc2c(C)cc3cc(S(=O)(=O)O)c(N=Nc4ccc(S(=O)(=O)C=C)cc4)c(N)c3c2O)c1. The van der Waals surface area contributed by atoms with E-state index in [4.69, 9.17) is 5.73 Å². The van der Waals surface area contributed by atoms with Gasteiger partial charge in [-0.1, -0.05) is 19.2 Å². The number of carbonyl (C=O) groups is 1. The maximum Gasteiger partial charge on any atom is 0.296 e. The molecule has 0 spiro atoms. The number of sulfone groups is 1. The van der Waals surface area contributed by atoms with Gasteiger partial charge in [-0.25, -0.2) is 12.6 Å². The summed E-state index contributed by atoms with van der Waals surface area (Å²) in [5.74, 6) is -1.33. The molecule has 244 valence electrons. The summed E-state index contributed by atoms with van der Waals surface area (Å²) in [7, 11) is -8.60. The van der Waals surface area contributed by atoms with Crippen molar-refractivity contribution in [2.75, 3.05) is 11.6 Å². The van der Waals surface area contributed by atoms with E-state index in [2.05, 4.69) is 43.1 Å². The van der Waals surface area contributed by atoms with E-state index in [1.165, 1.54) is 54.6 Å². The van der Waals surface area contributed by atoms with Crippen molar-refractivity contribution < 1.29 is 39.7 Å². The van der Waals surface area contributed by atoms with Gasteiger partial charge in [0.25, 0.3) is 16.0 Å². The van der Waals surface area contributed by atoms with E-state index in [0.717, 1.165) is 17.7 Å². The molecule has 15 nitrogen and oxygen atoms in total. The number of aryl methyl sites for hydroxylation is 1. The molecular formula is C29H26N6O9S3. The van der Waals surface area contributed by atoms with E-state index >= 15 is 0 Å². The van der Waals surface area contributed by atoms with E-state index in [0.29, 0.717) is 5.56 Å². The second kappa shape index (κ2) is 14.0. The molecule has 4 rings (SSSR count). The van der Waals surface area contributed by atoms with Gasteiger partial charge in [0.2, 0.25) is 11.1 Å². The Kier molecular flexibility index (Phi) is 10.3. The second-order valence-electron chi connectivity index (χ2n) is 9.47. The van der Waals surface area contributed by atoms with Gasteiger partial charge in [0.05, 0.1) is 33.6 Å². The molecule has 0 aliphatic heterocycles. The van der Waals surface area contributed by atoms with Gasteiger partial charge in [-0.15, -0.1) is 10.2 Å². The fourth-order valence-electron chi connectivity index (χ4n) is 4.16. The number of phenolic OH excluding ortho intramolecular Hbond substituents is 1. The zero-order valence-corrected chi connectivity index (χ0v) is 26.8. The molecular weight excluding hydrogens is 673 g/mol. The highest BCUT2D eigenvalue weighted by atomic mass is 32.2. The first kappa shape index (κ1) is 34.6. The smallest absolute Gasteiger partial charge is 0.296 e. The largest absolute Gasteiger partial charge is 0.505 e. The third kappa shape index (κ3) is 7.93. The molecule has 4 aromatic rings. The average molecular weight is 699 g/mol. The van der Waals surface area contributed by atoms with Crippen molar-refractivity contribution in [1.29, 1.82) is 0 Å². The number of carbonyl (C=O) groups excluding carboxylic acids is 1.